The van der Waals surface area contributed by atoms with Crippen LogP contribution >= 0.6 is 12.4 Å². The van der Waals surface area contributed by atoms with Crippen molar-refractivity contribution in [3.63, 3.8) is 0 Å². The first-order chi connectivity index (χ1) is 8.84. The summed E-state index contributed by atoms with van der Waals surface area (Å²) in [4.78, 5) is 8.79. The van der Waals surface area contributed by atoms with Crippen molar-refractivity contribution in [1.82, 2.24) is 20.4 Å². The van der Waals surface area contributed by atoms with Gasteiger partial charge in [0.1, 0.15) is 5.69 Å². The van der Waals surface area contributed by atoms with Crippen LogP contribution in [0.1, 0.15) is 30.2 Å². The summed E-state index contributed by atoms with van der Waals surface area (Å²) in [6, 6.07) is 3.91. The third-order valence-corrected chi connectivity index (χ3v) is 3.31. The van der Waals surface area contributed by atoms with Gasteiger partial charge < -0.3 is 9.84 Å². The number of halogens is 1. The molecule has 19 heavy (non-hydrogen) atoms. The summed E-state index contributed by atoms with van der Waals surface area (Å²) in [7, 11) is 0. The van der Waals surface area contributed by atoms with E-state index < -0.39 is 0 Å². The van der Waals surface area contributed by atoms with Crippen molar-refractivity contribution in [2.45, 2.75) is 25.7 Å². The van der Waals surface area contributed by atoms with Gasteiger partial charge in [0.2, 0.25) is 11.7 Å². The molecule has 0 bridgehead atoms. The molecule has 0 saturated carbocycles. The second-order valence-electron chi connectivity index (χ2n) is 4.67. The van der Waals surface area contributed by atoms with E-state index in [0.717, 1.165) is 43.1 Å². The molecule has 6 heteroatoms. The van der Waals surface area contributed by atoms with Crippen LogP contribution in [0.4, 0.5) is 0 Å². The van der Waals surface area contributed by atoms with E-state index in [1.807, 2.05) is 19.1 Å². The number of nitrogens with one attached hydrogen (secondary N) is 1. The first kappa shape index (κ1) is 14.0. The number of piperidine rings is 1. The van der Waals surface area contributed by atoms with E-state index in [4.69, 9.17) is 4.52 Å². The highest BCUT2D eigenvalue weighted by Gasteiger charge is 2.22. The Bertz CT molecular complexity index is 537. The molecule has 1 atom stereocenters. The minimum Gasteiger partial charge on any atom is -0.339 e. The van der Waals surface area contributed by atoms with Crippen molar-refractivity contribution in [3.05, 3.63) is 29.8 Å². The van der Waals surface area contributed by atoms with Gasteiger partial charge in [-0.15, -0.1) is 12.4 Å². The number of hydrogen-bond acceptors (Lipinski definition) is 5. The van der Waals surface area contributed by atoms with Crippen LogP contribution in [0.2, 0.25) is 0 Å². The smallest absolute Gasteiger partial charge is 0.231 e. The molecular formula is C13H17ClN4O. The fourth-order valence-electron chi connectivity index (χ4n) is 2.28. The number of pyridine rings is 1. The molecule has 102 valence electrons. The maximum absolute atomic E-state index is 5.37. The molecule has 5 nitrogen and oxygen atoms in total. The van der Waals surface area contributed by atoms with Crippen LogP contribution in [-0.4, -0.2) is 28.2 Å². The predicted octanol–water partition coefficient (Wildman–Crippen LogP) is 2.33. The van der Waals surface area contributed by atoms with Gasteiger partial charge in [-0.1, -0.05) is 11.2 Å². The number of nitrogens with zero attached hydrogens (tertiary/aromatic N) is 3. The van der Waals surface area contributed by atoms with Gasteiger partial charge in [-0.3, -0.25) is 4.98 Å². The third-order valence-electron chi connectivity index (χ3n) is 3.31. The zero-order valence-corrected chi connectivity index (χ0v) is 11.6. The zero-order valence-electron chi connectivity index (χ0n) is 10.8. The van der Waals surface area contributed by atoms with Crippen molar-refractivity contribution >= 4 is 12.4 Å². The average Bonchev–Trinajstić information content (AvgIpc) is 2.90. The van der Waals surface area contributed by atoms with Crippen molar-refractivity contribution in [2.75, 3.05) is 13.1 Å². The summed E-state index contributed by atoms with van der Waals surface area (Å²) in [5.41, 5.74) is 1.86. The zero-order chi connectivity index (χ0) is 12.4. The van der Waals surface area contributed by atoms with Crippen molar-refractivity contribution in [1.29, 1.82) is 0 Å². The molecule has 0 aromatic carbocycles. The molecule has 0 radical (unpaired) electrons. The molecule has 3 heterocycles. The van der Waals surface area contributed by atoms with E-state index in [1.54, 1.807) is 6.20 Å². The van der Waals surface area contributed by atoms with Crippen LogP contribution in [0.3, 0.4) is 0 Å². The van der Waals surface area contributed by atoms with E-state index in [2.05, 4.69) is 20.4 Å². The molecule has 1 aliphatic heterocycles. The Morgan fingerprint density at radius 3 is 3.05 bits per heavy atom. The number of rotatable bonds is 2. The lowest BCUT2D eigenvalue weighted by atomic mass is 10.00. The normalized spacial score (nSPS) is 18.9. The third kappa shape index (κ3) is 2.93. The van der Waals surface area contributed by atoms with Crippen LogP contribution < -0.4 is 5.32 Å². The van der Waals surface area contributed by atoms with Gasteiger partial charge >= 0.3 is 0 Å². The van der Waals surface area contributed by atoms with Gasteiger partial charge in [0.05, 0.1) is 5.92 Å². The summed E-state index contributed by atoms with van der Waals surface area (Å²) in [6.45, 7) is 4.00. The molecule has 0 amide bonds. The van der Waals surface area contributed by atoms with Crippen LogP contribution in [0, 0.1) is 6.92 Å². The average molecular weight is 281 g/mol. The summed E-state index contributed by atoms with van der Waals surface area (Å²) < 4.78 is 5.37. The maximum Gasteiger partial charge on any atom is 0.231 e. The summed E-state index contributed by atoms with van der Waals surface area (Å²) in [5.74, 6) is 1.65. The number of aryl methyl sites for hydroxylation is 1. The van der Waals surface area contributed by atoms with Crippen molar-refractivity contribution in [3.8, 4) is 11.5 Å². The summed E-state index contributed by atoms with van der Waals surface area (Å²) >= 11 is 0. The van der Waals surface area contributed by atoms with E-state index >= 15 is 0 Å². The van der Waals surface area contributed by atoms with E-state index in [9.17, 15) is 0 Å². The summed E-state index contributed by atoms with van der Waals surface area (Å²) in [6.07, 6.45) is 4.02. The quantitative estimate of drug-likeness (QED) is 0.915. The van der Waals surface area contributed by atoms with Gasteiger partial charge in [0, 0.05) is 12.7 Å². The van der Waals surface area contributed by atoms with Crippen LogP contribution in [0.15, 0.2) is 22.9 Å². The Hall–Kier alpha value is -1.46. The number of hydrogen-bond donors (Lipinski definition) is 1. The van der Waals surface area contributed by atoms with Gasteiger partial charge in [-0.25, -0.2) is 0 Å². The molecule has 1 fully saturated rings. The Morgan fingerprint density at radius 2 is 2.32 bits per heavy atom. The molecule has 1 saturated heterocycles. The second-order valence-corrected chi connectivity index (χ2v) is 4.67. The molecule has 0 spiro atoms. The molecule has 2 aromatic rings. The van der Waals surface area contributed by atoms with Gasteiger partial charge in [-0.05, 0) is 37.9 Å². The Kier molecular flexibility index (Phi) is 4.50. The molecule has 1 unspecified atom stereocenters. The molecule has 0 aliphatic carbocycles. The fourth-order valence-corrected chi connectivity index (χ4v) is 2.28. The Morgan fingerprint density at radius 1 is 1.42 bits per heavy atom. The van der Waals surface area contributed by atoms with E-state index in [1.165, 1.54) is 0 Å². The van der Waals surface area contributed by atoms with Gasteiger partial charge in [0.15, 0.2) is 0 Å². The van der Waals surface area contributed by atoms with Gasteiger partial charge in [0.25, 0.3) is 0 Å². The maximum atomic E-state index is 5.37. The first-order valence-corrected chi connectivity index (χ1v) is 6.31. The van der Waals surface area contributed by atoms with Crippen molar-refractivity contribution in [2.24, 2.45) is 0 Å². The molecule has 2 aromatic heterocycles. The Labute approximate surface area is 118 Å². The van der Waals surface area contributed by atoms with Gasteiger partial charge in [-0.2, -0.15) is 4.98 Å². The lowest BCUT2D eigenvalue weighted by molar-refractivity contribution is 0.322. The van der Waals surface area contributed by atoms with Crippen LogP contribution in [0.25, 0.3) is 11.5 Å². The second kappa shape index (κ2) is 6.12. The lowest BCUT2D eigenvalue weighted by Crippen LogP contribution is -2.28. The largest absolute Gasteiger partial charge is 0.339 e. The SMILES string of the molecule is Cc1cccnc1-c1noc(C2CCCNC2)n1.Cl. The molecule has 3 rings (SSSR count). The highest BCUT2D eigenvalue weighted by Crippen LogP contribution is 2.24. The Balaban J connectivity index is 0.00000133. The fraction of sp³-hybridized carbons (Fsp3) is 0.462. The minimum absolute atomic E-state index is 0. The highest BCUT2D eigenvalue weighted by molar-refractivity contribution is 5.85. The lowest BCUT2D eigenvalue weighted by Gasteiger charge is -2.18. The first-order valence-electron chi connectivity index (χ1n) is 6.31. The molecule has 1 aliphatic rings. The standard InChI is InChI=1S/C13H16N4O.ClH/c1-9-4-2-7-15-11(9)12-16-13(18-17-12)10-5-3-6-14-8-10;/h2,4,7,10,14H,3,5-6,8H2,1H3;1H. The molecule has 1 N–H and O–H groups in total. The highest BCUT2D eigenvalue weighted by atomic mass is 35.5. The van der Waals surface area contributed by atoms with E-state index in [-0.39, 0.29) is 12.4 Å². The molecular weight excluding hydrogens is 264 g/mol. The monoisotopic (exact) mass is 280 g/mol. The van der Waals surface area contributed by atoms with Crippen LogP contribution in [0.5, 0.6) is 0 Å². The summed E-state index contributed by atoms with van der Waals surface area (Å²) in [5, 5.41) is 7.40. The predicted molar refractivity (Wildman–Crippen MR) is 74.4 cm³/mol. The van der Waals surface area contributed by atoms with E-state index in [0.29, 0.717) is 11.7 Å². The number of aromatic nitrogens is 3. The van der Waals surface area contributed by atoms with Crippen LogP contribution in [-0.2, 0) is 0 Å². The topological polar surface area (TPSA) is 63.8 Å². The van der Waals surface area contributed by atoms with Crippen molar-refractivity contribution < 1.29 is 4.52 Å². The minimum atomic E-state index is 0.